The van der Waals surface area contributed by atoms with Crippen LogP contribution in [0.25, 0.3) is 0 Å². The molecule has 2 rings (SSSR count). The first-order valence-corrected chi connectivity index (χ1v) is 7.88. The lowest BCUT2D eigenvalue weighted by atomic mass is 10.2. The number of halogens is 1. The normalized spacial score (nSPS) is 14.7. The molecule has 0 radical (unpaired) electrons. The summed E-state index contributed by atoms with van der Waals surface area (Å²) in [5, 5.41) is 11.8. The van der Waals surface area contributed by atoms with Crippen molar-refractivity contribution >= 4 is 17.7 Å². The van der Waals surface area contributed by atoms with Crippen molar-refractivity contribution in [3.05, 3.63) is 41.9 Å². The molecule has 0 saturated carbocycles. The lowest BCUT2D eigenvalue weighted by molar-refractivity contribution is -0.112. The van der Waals surface area contributed by atoms with E-state index in [1.807, 2.05) is 6.07 Å². The van der Waals surface area contributed by atoms with Gasteiger partial charge in [0.2, 0.25) is 0 Å². The molecule has 1 N–H and O–H groups in total. The summed E-state index contributed by atoms with van der Waals surface area (Å²) in [5.41, 5.74) is 0.341. The number of carbonyl (C=O) groups is 2. The molecule has 0 bridgehead atoms. The van der Waals surface area contributed by atoms with Crippen LogP contribution in [0.5, 0.6) is 0 Å². The second-order valence-corrected chi connectivity index (χ2v) is 5.34. The molecule has 0 aliphatic carbocycles. The Bertz CT molecular complexity index is 689. The number of nitriles is 1. The maximum Gasteiger partial charge on any atom is 0.409 e. The van der Waals surface area contributed by atoms with Gasteiger partial charge in [-0.05, 0) is 31.2 Å². The molecule has 132 valence electrons. The Morgan fingerprint density at radius 3 is 2.48 bits per heavy atom. The first-order valence-electron chi connectivity index (χ1n) is 7.88. The standard InChI is InChI=1S/C17H19FN4O3/c1-2-25-17(24)22-9-7-21(8-10-22)12-13(11-19)16(23)20-15-5-3-14(18)4-6-15/h3-6,12H,2,7-10H2,1H3,(H,20,23). The highest BCUT2D eigenvalue weighted by molar-refractivity contribution is 6.06. The van der Waals surface area contributed by atoms with E-state index in [2.05, 4.69) is 5.32 Å². The molecule has 1 saturated heterocycles. The second-order valence-electron chi connectivity index (χ2n) is 5.34. The van der Waals surface area contributed by atoms with E-state index in [1.54, 1.807) is 16.7 Å². The van der Waals surface area contributed by atoms with Crippen molar-refractivity contribution in [2.24, 2.45) is 0 Å². The zero-order chi connectivity index (χ0) is 18.2. The van der Waals surface area contributed by atoms with E-state index in [0.717, 1.165) is 0 Å². The summed E-state index contributed by atoms with van der Waals surface area (Å²) >= 11 is 0. The van der Waals surface area contributed by atoms with Crippen LogP contribution in [-0.4, -0.2) is 54.6 Å². The van der Waals surface area contributed by atoms with E-state index in [1.165, 1.54) is 30.5 Å². The summed E-state index contributed by atoms with van der Waals surface area (Å²) in [5.74, 6) is -0.976. The van der Waals surface area contributed by atoms with Crippen LogP contribution in [0.3, 0.4) is 0 Å². The van der Waals surface area contributed by atoms with Gasteiger partial charge in [-0.25, -0.2) is 9.18 Å². The van der Waals surface area contributed by atoms with Crippen molar-refractivity contribution in [2.75, 3.05) is 38.1 Å². The maximum atomic E-state index is 12.9. The number of hydrogen-bond donors (Lipinski definition) is 1. The van der Waals surface area contributed by atoms with Crippen LogP contribution in [0.1, 0.15) is 6.92 Å². The Labute approximate surface area is 145 Å². The Morgan fingerprint density at radius 2 is 1.92 bits per heavy atom. The van der Waals surface area contributed by atoms with Gasteiger partial charge in [0, 0.05) is 38.1 Å². The molecule has 0 unspecified atom stereocenters. The van der Waals surface area contributed by atoms with E-state index in [-0.39, 0.29) is 11.7 Å². The van der Waals surface area contributed by atoms with Crippen molar-refractivity contribution in [1.82, 2.24) is 9.80 Å². The monoisotopic (exact) mass is 346 g/mol. The number of carbonyl (C=O) groups excluding carboxylic acids is 2. The largest absolute Gasteiger partial charge is 0.450 e. The van der Waals surface area contributed by atoms with E-state index in [9.17, 15) is 19.2 Å². The molecule has 1 aromatic rings. The number of amides is 2. The molecule has 1 aliphatic rings. The van der Waals surface area contributed by atoms with E-state index in [4.69, 9.17) is 4.74 Å². The molecule has 1 aliphatic heterocycles. The summed E-state index contributed by atoms with van der Waals surface area (Å²) in [6.45, 7) is 3.96. The third-order valence-corrected chi connectivity index (χ3v) is 3.62. The number of piperazine rings is 1. The van der Waals surface area contributed by atoms with Crippen molar-refractivity contribution in [2.45, 2.75) is 6.92 Å². The second kappa shape index (κ2) is 8.68. The van der Waals surface area contributed by atoms with Crippen LogP contribution >= 0.6 is 0 Å². The molecule has 1 aromatic carbocycles. The lowest BCUT2D eigenvalue weighted by Crippen LogP contribution is -2.47. The summed E-state index contributed by atoms with van der Waals surface area (Å²) in [4.78, 5) is 27.2. The minimum absolute atomic E-state index is 0.0612. The van der Waals surface area contributed by atoms with Crippen LogP contribution in [-0.2, 0) is 9.53 Å². The smallest absolute Gasteiger partial charge is 0.409 e. The van der Waals surface area contributed by atoms with Crippen LogP contribution < -0.4 is 5.32 Å². The van der Waals surface area contributed by atoms with Crippen LogP contribution in [0.4, 0.5) is 14.9 Å². The highest BCUT2D eigenvalue weighted by Gasteiger charge is 2.21. The first-order chi connectivity index (χ1) is 12.0. The van der Waals surface area contributed by atoms with Crippen molar-refractivity contribution in [1.29, 1.82) is 5.26 Å². The Morgan fingerprint density at radius 1 is 1.28 bits per heavy atom. The number of ether oxygens (including phenoxy) is 1. The first kappa shape index (κ1) is 18.3. The summed E-state index contributed by atoms with van der Waals surface area (Å²) in [6.07, 6.45) is 1.11. The molecule has 0 atom stereocenters. The number of benzene rings is 1. The van der Waals surface area contributed by atoms with Crippen LogP contribution in [0, 0.1) is 17.1 Å². The molecule has 2 amide bonds. The zero-order valence-corrected chi connectivity index (χ0v) is 13.9. The molecule has 25 heavy (non-hydrogen) atoms. The van der Waals surface area contributed by atoms with Crippen LogP contribution in [0.15, 0.2) is 36.0 Å². The van der Waals surface area contributed by atoms with Gasteiger partial charge in [0.25, 0.3) is 5.91 Å². The van der Waals surface area contributed by atoms with Gasteiger partial charge in [0.15, 0.2) is 0 Å². The van der Waals surface area contributed by atoms with Gasteiger partial charge in [0.05, 0.1) is 6.61 Å². The minimum atomic E-state index is -0.568. The van der Waals surface area contributed by atoms with E-state index in [0.29, 0.717) is 38.5 Å². The molecule has 0 aromatic heterocycles. The Hall–Kier alpha value is -3.08. The summed E-state index contributed by atoms with van der Waals surface area (Å²) in [7, 11) is 0. The Kier molecular flexibility index (Phi) is 6.34. The predicted octanol–water partition coefficient (Wildman–Crippen LogP) is 1.95. The van der Waals surface area contributed by atoms with Gasteiger partial charge in [-0.2, -0.15) is 5.26 Å². The number of rotatable bonds is 4. The van der Waals surface area contributed by atoms with Crippen molar-refractivity contribution < 1.29 is 18.7 Å². The molecule has 1 heterocycles. The average molecular weight is 346 g/mol. The molecule has 1 fully saturated rings. The Balaban J connectivity index is 1.94. The van der Waals surface area contributed by atoms with Gasteiger partial charge in [-0.15, -0.1) is 0 Å². The fraction of sp³-hybridized carbons (Fsp3) is 0.353. The van der Waals surface area contributed by atoms with Gasteiger partial charge >= 0.3 is 6.09 Å². The van der Waals surface area contributed by atoms with E-state index < -0.39 is 11.7 Å². The predicted molar refractivity (Wildman–Crippen MR) is 88.9 cm³/mol. The summed E-state index contributed by atoms with van der Waals surface area (Å²) < 4.78 is 17.8. The van der Waals surface area contributed by atoms with Crippen molar-refractivity contribution in [3.63, 3.8) is 0 Å². The zero-order valence-electron chi connectivity index (χ0n) is 13.9. The fourth-order valence-corrected chi connectivity index (χ4v) is 2.30. The van der Waals surface area contributed by atoms with Crippen molar-refractivity contribution in [3.8, 4) is 6.07 Å². The van der Waals surface area contributed by atoms with E-state index >= 15 is 0 Å². The van der Waals surface area contributed by atoms with Crippen LogP contribution in [0.2, 0.25) is 0 Å². The lowest BCUT2D eigenvalue weighted by Gasteiger charge is -2.33. The number of nitrogens with zero attached hydrogens (tertiary/aromatic N) is 3. The van der Waals surface area contributed by atoms with Gasteiger partial charge in [-0.3, -0.25) is 4.79 Å². The number of anilines is 1. The maximum absolute atomic E-state index is 12.9. The highest BCUT2D eigenvalue weighted by Crippen LogP contribution is 2.11. The topological polar surface area (TPSA) is 85.7 Å². The quantitative estimate of drug-likeness (QED) is 0.665. The molecular formula is C17H19FN4O3. The molecular weight excluding hydrogens is 327 g/mol. The van der Waals surface area contributed by atoms with Gasteiger partial charge < -0.3 is 19.9 Å². The SMILES string of the molecule is CCOC(=O)N1CCN(C=C(C#N)C(=O)Nc2ccc(F)cc2)CC1. The average Bonchev–Trinajstić information content (AvgIpc) is 2.62. The molecule has 7 nitrogen and oxygen atoms in total. The molecule has 8 heteroatoms. The number of nitrogens with one attached hydrogen (secondary N) is 1. The summed E-state index contributed by atoms with van der Waals surface area (Å²) in [6, 6.07) is 7.14. The van der Waals surface area contributed by atoms with Gasteiger partial charge in [0.1, 0.15) is 17.5 Å². The number of hydrogen-bond acceptors (Lipinski definition) is 5. The minimum Gasteiger partial charge on any atom is -0.450 e. The highest BCUT2D eigenvalue weighted by atomic mass is 19.1. The third-order valence-electron chi connectivity index (χ3n) is 3.62. The molecule has 0 spiro atoms. The van der Waals surface area contributed by atoms with Gasteiger partial charge in [-0.1, -0.05) is 0 Å². The third kappa shape index (κ3) is 5.21. The fourth-order valence-electron chi connectivity index (χ4n) is 2.30.